The molecule has 0 amide bonds. The maximum Gasteiger partial charge on any atom is 0.125 e. The molecule has 1 heterocycles. The molecule has 0 fully saturated rings. The van der Waals surface area contributed by atoms with E-state index in [0.717, 1.165) is 22.4 Å². The second kappa shape index (κ2) is 7.76. The van der Waals surface area contributed by atoms with Crippen LogP contribution in [0.3, 0.4) is 0 Å². The summed E-state index contributed by atoms with van der Waals surface area (Å²) in [7, 11) is 0. The van der Waals surface area contributed by atoms with Crippen LogP contribution in [0.2, 0.25) is 0 Å². The summed E-state index contributed by atoms with van der Waals surface area (Å²) in [5.74, 6) is 0.751. The SMILES string of the molecule is CCOc1ccc(C)cc1C(O)CNCc1ccncc1. The first-order chi connectivity index (χ1) is 10.2. The fraction of sp³-hybridized carbons (Fsp3) is 0.353. The van der Waals surface area contributed by atoms with Crippen molar-refractivity contribution in [2.75, 3.05) is 13.2 Å². The molecule has 112 valence electrons. The minimum atomic E-state index is -0.590. The van der Waals surface area contributed by atoms with E-state index < -0.39 is 6.10 Å². The van der Waals surface area contributed by atoms with Gasteiger partial charge < -0.3 is 15.2 Å². The molecule has 1 aromatic heterocycles. The lowest BCUT2D eigenvalue weighted by atomic mass is 10.0. The number of rotatable bonds is 7. The van der Waals surface area contributed by atoms with Crippen LogP contribution in [0.5, 0.6) is 5.75 Å². The van der Waals surface area contributed by atoms with Gasteiger partial charge in [0.15, 0.2) is 0 Å². The minimum absolute atomic E-state index is 0.478. The molecule has 1 atom stereocenters. The van der Waals surface area contributed by atoms with E-state index in [2.05, 4.69) is 10.3 Å². The summed E-state index contributed by atoms with van der Waals surface area (Å²) in [6.07, 6.45) is 2.94. The molecule has 0 radical (unpaired) electrons. The molecule has 4 heteroatoms. The molecule has 2 N–H and O–H groups in total. The predicted molar refractivity (Wildman–Crippen MR) is 83.3 cm³/mol. The lowest BCUT2D eigenvalue weighted by molar-refractivity contribution is 0.168. The molecule has 21 heavy (non-hydrogen) atoms. The zero-order chi connectivity index (χ0) is 15.1. The summed E-state index contributed by atoms with van der Waals surface area (Å²) in [4.78, 5) is 3.98. The van der Waals surface area contributed by atoms with Crippen molar-refractivity contribution in [3.8, 4) is 5.75 Å². The largest absolute Gasteiger partial charge is 0.493 e. The van der Waals surface area contributed by atoms with Crippen LogP contribution in [0.25, 0.3) is 0 Å². The topological polar surface area (TPSA) is 54.4 Å². The fourth-order valence-corrected chi connectivity index (χ4v) is 2.18. The Kier molecular flexibility index (Phi) is 5.72. The van der Waals surface area contributed by atoms with Gasteiger partial charge in [0.1, 0.15) is 5.75 Å². The van der Waals surface area contributed by atoms with Crippen molar-refractivity contribution in [3.63, 3.8) is 0 Å². The summed E-state index contributed by atoms with van der Waals surface area (Å²) in [6.45, 7) is 5.72. The molecule has 0 spiro atoms. The smallest absolute Gasteiger partial charge is 0.125 e. The van der Waals surface area contributed by atoms with Gasteiger partial charge in [0.05, 0.1) is 12.7 Å². The Bertz CT molecular complexity index is 558. The first-order valence-electron chi connectivity index (χ1n) is 7.21. The van der Waals surface area contributed by atoms with Gasteiger partial charge in [-0.15, -0.1) is 0 Å². The average molecular weight is 286 g/mol. The highest BCUT2D eigenvalue weighted by atomic mass is 16.5. The van der Waals surface area contributed by atoms with Crippen molar-refractivity contribution in [2.24, 2.45) is 0 Å². The van der Waals surface area contributed by atoms with Crippen LogP contribution < -0.4 is 10.1 Å². The number of pyridine rings is 1. The molecule has 4 nitrogen and oxygen atoms in total. The highest BCUT2D eigenvalue weighted by molar-refractivity contribution is 5.38. The van der Waals surface area contributed by atoms with Gasteiger partial charge in [-0.25, -0.2) is 0 Å². The van der Waals surface area contributed by atoms with Gasteiger partial charge in [-0.1, -0.05) is 11.6 Å². The Morgan fingerprint density at radius 3 is 2.71 bits per heavy atom. The molecule has 0 aliphatic rings. The Morgan fingerprint density at radius 2 is 2.00 bits per heavy atom. The van der Waals surface area contributed by atoms with Crippen molar-refractivity contribution in [3.05, 3.63) is 59.4 Å². The normalized spacial score (nSPS) is 12.1. The summed E-state index contributed by atoms with van der Waals surface area (Å²) in [6, 6.07) is 9.80. The molecule has 0 saturated carbocycles. The van der Waals surface area contributed by atoms with Crippen molar-refractivity contribution < 1.29 is 9.84 Å². The number of hydrogen-bond acceptors (Lipinski definition) is 4. The Balaban J connectivity index is 1.96. The molecule has 0 aliphatic carbocycles. The minimum Gasteiger partial charge on any atom is -0.493 e. The van der Waals surface area contributed by atoms with Crippen LogP contribution in [-0.4, -0.2) is 23.2 Å². The standard InChI is InChI=1S/C17H22N2O2/c1-3-21-17-5-4-13(2)10-15(17)16(20)12-19-11-14-6-8-18-9-7-14/h4-10,16,19-20H,3,11-12H2,1-2H3. The van der Waals surface area contributed by atoms with E-state index in [0.29, 0.717) is 19.7 Å². The monoisotopic (exact) mass is 286 g/mol. The molecule has 1 aromatic carbocycles. The van der Waals surface area contributed by atoms with Gasteiger partial charge >= 0.3 is 0 Å². The van der Waals surface area contributed by atoms with Crippen LogP contribution in [0.1, 0.15) is 29.7 Å². The maximum absolute atomic E-state index is 10.4. The highest BCUT2D eigenvalue weighted by Gasteiger charge is 2.13. The fourth-order valence-electron chi connectivity index (χ4n) is 2.18. The van der Waals surface area contributed by atoms with E-state index in [1.54, 1.807) is 12.4 Å². The molecule has 2 rings (SSSR count). The van der Waals surface area contributed by atoms with Gasteiger partial charge in [-0.3, -0.25) is 4.98 Å². The molecular weight excluding hydrogens is 264 g/mol. The average Bonchev–Trinajstić information content (AvgIpc) is 2.50. The Hall–Kier alpha value is -1.91. The van der Waals surface area contributed by atoms with Gasteiger partial charge in [-0.2, -0.15) is 0 Å². The molecular formula is C17H22N2O2. The first-order valence-corrected chi connectivity index (χ1v) is 7.21. The third kappa shape index (κ3) is 4.55. The number of benzene rings is 1. The second-order valence-electron chi connectivity index (χ2n) is 4.98. The zero-order valence-corrected chi connectivity index (χ0v) is 12.5. The number of nitrogens with zero attached hydrogens (tertiary/aromatic N) is 1. The van der Waals surface area contributed by atoms with E-state index in [1.165, 1.54) is 0 Å². The van der Waals surface area contributed by atoms with Crippen LogP contribution in [0.4, 0.5) is 0 Å². The Morgan fingerprint density at radius 1 is 1.24 bits per heavy atom. The molecule has 1 unspecified atom stereocenters. The number of aryl methyl sites for hydroxylation is 1. The summed E-state index contributed by atoms with van der Waals surface area (Å²) >= 11 is 0. The van der Waals surface area contributed by atoms with Crippen molar-refractivity contribution in [1.82, 2.24) is 10.3 Å². The van der Waals surface area contributed by atoms with Crippen LogP contribution in [-0.2, 0) is 6.54 Å². The third-order valence-corrected chi connectivity index (χ3v) is 3.24. The van der Waals surface area contributed by atoms with Crippen molar-refractivity contribution >= 4 is 0 Å². The van der Waals surface area contributed by atoms with E-state index >= 15 is 0 Å². The summed E-state index contributed by atoms with van der Waals surface area (Å²) < 4.78 is 5.58. The van der Waals surface area contributed by atoms with Crippen LogP contribution in [0.15, 0.2) is 42.7 Å². The maximum atomic E-state index is 10.4. The predicted octanol–water partition coefficient (Wildman–Crippen LogP) is 2.61. The first kappa shape index (κ1) is 15.5. The third-order valence-electron chi connectivity index (χ3n) is 3.24. The lowest BCUT2D eigenvalue weighted by Crippen LogP contribution is -2.21. The number of aliphatic hydroxyl groups excluding tert-OH is 1. The number of aliphatic hydroxyl groups is 1. The van der Waals surface area contributed by atoms with E-state index in [4.69, 9.17) is 4.74 Å². The summed E-state index contributed by atoms with van der Waals surface area (Å²) in [5.41, 5.74) is 3.09. The summed E-state index contributed by atoms with van der Waals surface area (Å²) in [5, 5.41) is 13.6. The number of aromatic nitrogens is 1. The quantitative estimate of drug-likeness (QED) is 0.821. The van der Waals surface area contributed by atoms with E-state index in [9.17, 15) is 5.11 Å². The molecule has 0 aliphatic heterocycles. The molecule has 0 saturated heterocycles. The van der Waals surface area contributed by atoms with Gasteiger partial charge in [0.2, 0.25) is 0 Å². The second-order valence-corrected chi connectivity index (χ2v) is 4.98. The number of ether oxygens (including phenoxy) is 1. The van der Waals surface area contributed by atoms with Crippen LogP contribution in [0, 0.1) is 6.92 Å². The zero-order valence-electron chi connectivity index (χ0n) is 12.5. The van der Waals surface area contributed by atoms with E-state index in [-0.39, 0.29) is 0 Å². The number of nitrogens with one attached hydrogen (secondary N) is 1. The highest BCUT2D eigenvalue weighted by Crippen LogP contribution is 2.26. The van der Waals surface area contributed by atoms with Gasteiger partial charge in [0, 0.05) is 31.0 Å². The molecule has 0 bridgehead atoms. The molecule has 2 aromatic rings. The van der Waals surface area contributed by atoms with Crippen LogP contribution >= 0.6 is 0 Å². The van der Waals surface area contributed by atoms with E-state index in [1.807, 2.05) is 44.2 Å². The van der Waals surface area contributed by atoms with Crippen molar-refractivity contribution in [1.29, 1.82) is 0 Å². The number of hydrogen-bond donors (Lipinski definition) is 2. The van der Waals surface area contributed by atoms with Crippen molar-refractivity contribution in [2.45, 2.75) is 26.5 Å². The Labute approximate surface area is 125 Å². The van der Waals surface area contributed by atoms with Gasteiger partial charge in [-0.05, 0) is 43.7 Å². The van der Waals surface area contributed by atoms with Gasteiger partial charge in [0.25, 0.3) is 0 Å². The lowest BCUT2D eigenvalue weighted by Gasteiger charge is -2.17.